The molecule has 0 aromatic heterocycles. The summed E-state index contributed by atoms with van der Waals surface area (Å²) in [4.78, 5) is 4.40. The van der Waals surface area contributed by atoms with E-state index in [-0.39, 0.29) is 0 Å². The maximum Gasteiger partial charge on any atom is 0.205 e. The monoisotopic (exact) mass is 248 g/mol. The lowest BCUT2D eigenvalue weighted by atomic mass is 10.1. The fourth-order valence-electron chi connectivity index (χ4n) is 1.68. The molecule has 0 bridgehead atoms. The second-order valence-corrected chi connectivity index (χ2v) is 4.39. The molecule has 0 heterocycles. The Morgan fingerprint density at radius 3 is 3.00 bits per heavy atom. The second kappa shape index (κ2) is 6.26. The Hall–Kier alpha value is -1.75. The first kappa shape index (κ1) is 12.7. The molecule has 0 saturated heterocycles. The maximum absolute atomic E-state index is 5.41. The first-order valence-corrected chi connectivity index (χ1v) is 6.22. The molecule has 0 radical (unpaired) electrons. The van der Waals surface area contributed by atoms with Gasteiger partial charge in [-0.3, -0.25) is 10.4 Å². The molecule has 1 aromatic rings. The third-order valence-electron chi connectivity index (χ3n) is 2.86. The minimum atomic E-state index is 0.552. The van der Waals surface area contributed by atoms with Gasteiger partial charge in [-0.2, -0.15) is 0 Å². The number of nitrogens with zero attached hydrogens (tertiary/aromatic N) is 1. The molecule has 2 rings (SSSR count). The van der Waals surface area contributed by atoms with Crippen molar-refractivity contribution < 1.29 is 4.74 Å². The molecular formula is C13H20N4O. The molecule has 18 heavy (non-hydrogen) atoms. The van der Waals surface area contributed by atoms with E-state index in [4.69, 9.17) is 10.6 Å². The molecular weight excluding hydrogens is 228 g/mol. The number of hydrogen-bond donors (Lipinski definition) is 3. The van der Waals surface area contributed by atoms with Crippen molar-refractivity contribution in [2.75, 3.05) is 13.7 Å². The van der Waals surface area contributed by atoms with Gasteiger partial charge in [-0.15, -0.1) is 0 Å². The maximum atomic E-state index is 5.41. The lowest BCUT2D eigenvalue weighted by Crippen LogP contribution is -2.42. The van der Waals surface area contributed by atoms with E-state index in [1.807, 2.05) is 18.2 Å². The van der Waals surface area contributed by atoms with Crippen LogP contribution in [0.4, 0.5) is 0 Å². The highest BCUT2D eigenvalue weighted by Gasteiger charge is 2.21. The van der Waals surface area contributed by atoms with E-state index in [2.05, 4.69) is 21.8 Å². The van der Waals surface area contributed by atoms with Crippen LogP contribution in [0.2, 0.25) is 0 Å². The van der Waals surface area contributed by atoms with E-state index in [1.165, 1.54) is 18.4 Å². The number of hydrogen-bond acceptors (Lipinski definition) is 3. The van der Waals surface area contributed by atoms with Gasteiger partial charge in [0.15, 0.2) is 0 Å². The number of aliphatic imine (C=N–C) groups is 1. The van der Waals surface area contributed by atoms with Crippen LogP contribution in [0.5, 0.6) is 5.75 Å². The average Bonchev–Trinajstić information content (AvgIpc) is 3.22. The number of ether oxygens (including phenoxy) is 1. The molecule has 5 nitrogen and oxygen atoms in total. The van der Waals surface area contributed by atoms with Crippen molar-refractivity contribution in [2.45, 2.75) is 25.3 Å². The van der Waals surface area contributed by atoms with Gasteiger partial charge < -0.3 is 10.1 Å². The lowest BCUT2D eigenvalue weighted by molar-refractivity contribution is 0.414. The van der Waals surface area contributed by atoms with E-state index in [0.29, 0.717) is 18.5 Å². The predicted molar refractivity (Wildman–Crippen MR) is 72.5 cm³/mol. The Morgan fingerprint density at radius 2 is 2.33 bits per heavy atom. The van der Waals surface area contributed by atoms with Crippen molar-refractivity contribution in [3.05, 3.63) is 29.8 Å². The van der Waals surface area contributed by atoms with Crippen LogP contribution in [0.3, 0.4) is 0 Å². The molecule has 0 unspecified atom stereocenters. The van der Waals surface area contributed by atoms with Crippen molar-refractivity contribution in [3.63, 3.8) is 0 Å². The number of benzene rings is 1. The highest BCUT2D eigenvalue weighted by Crippen LogP contribution is 2.18. The zero-order valence-electron chi connectivity index (χ0n) is 10.6. The van der Waals surface area contributed by atoms with Gasteiger partial charge in [0.2, 0.25) is 5.96 Å². The number of nitrogens with two attached hydrogens (primary N) is 1. The second-order valence-electron chi connectivity index (χ2n) is 4.39. The number of hydrazine groups is 1. The normalized spacial score (nSPS) is 15.3. The van der Waals surface area contributed by atoms with Gasteiger partial charge in [-0.25, -0.2) is 5.84 Å². The standard InChI is InChI=1S/C13H20N4O/c1-18-12-4-2-3-10(9-12)7-8-15-13(17-14)16-11-5-6-11/h2-4,9,11H,5-8,14H2,1H3,(H2,15,16,17). The first-order chi connectivity index (χ1) is 8.81. The lowest BCUT2D eigenvalue weighted by Gasteiger charge is -2.08. The van der Waals surface area contributed by atoms with Crippen LogP contribution >= 0.6 is 0 Å². The predicted octanol–water partition coefficient (Wildman–Crippen LogP) is 0.809. The number of nitrogens with one attached hydrogen (secondary N) is 2. The summed E-state index contributed by atoms with van der Waals surface area (Å²) in [7, 11) is 1.67. The number of rotatable bonds is 5. The molecule has 1 aromatic carbocycles. The molecule has 98 valence electrons. The van der Waals surface area contributed by atoms with Gasteiger partial charge in [0.05, 0.1) is 7.11 Å². The molecule has 0 amide bonds. The van der Waals surface area contributed by atoms with Crippen molar-refractivity contribution >= 4 is 5.96 Å². The topological polar surface area (TPSA) is 71.7 Å². The minimum Gasteiger partial charge on any atom is -0.497 e. The molecule has 4 N–H and O–H groups in total. The largest absolute Gasteiger partial charge is 0.497 e. The summed E-state index contributed by atoms with van der Waals surface area (Å²) in [5, 5.41) is 3.24. The number of guanidine groups is 1. The van der Waals surface area contributed by atoms with Crippen LogP contribution in [0, 0.1) is 0 Å². The van der Waals surface area contributed by atoms with Crippen LogP contribution in [0.15, 0.2) is 29.3 Å². The minimum absolute atomic E-state index is 0.552. The quantitative estimate of drug-likeness (QED) is 0.312. The van der Waals surface area contributed by atoms with E-state index in [0.717, 1.165) is 12.2 Å². The highest BCUT2D eigenvalue weighted by atomic mass is 16.5. The summed E-state index contributed by atoms with van der Waals surface area (Å²) >= 11 is 0. The van der Waals surface area contributed by atoms with Crippen molar-refractivity contribution in [1.29, 1.82) is 0 Å². The van der Waals surface area contributed by atoms with Gasteiger partial charge in [0.1, 0.15) is 5.75 Å². The molecule has 0 aliphatic heterocycles. The van der Waals surface area contributed by atoms with Crippen molar-refractivity contribution in [3.8, 4) is 5.75 Å². The van der Waals surface area contributed by atoms with Gasteiger partial charge in [0, 0.05) is 12.6 Å². The van der Waals surface area contributed by atoms with Crippen molar-refractivity contribution in [2.24, 2.45) is 10.8 Å². The molecule has 5 heteroatoms. The zero-order chi connectivity index (χ0) is 12.8. The molecule has 0 atom stereocenters. The highest BCUT2D eigenvalue weighted by molar-refractivity contribution is 5.79. The van der Waals surface area contributed by atoms with Gasteiger partial charge in [-0.1, -0.05) is 12.1 Å². The van der Waals surface area contributed by atoms with Crippen LogP contribution in [-0.2, 0) is 6.42 Å². The fourth-order valence-corrected chi connectivity index (χ4v) is 1.68. The Labute approximate surface area is 107 Å². The average molecular weight is 248 g/mol. The van der Waals surface area contributed by atoms with E-state index in [9.17, 15) is 0 Å². The Balaban J connectivity index is 1.83. The Morgan fingerprint density at radius 1 is 1.50 bits per heavy atom. The SMILES string of the molecule is COc1cccc(CCN=C(NN)NC2CC2)c1. The molecule has 1 aliphatic carbocycles. The van der Waals surface area contributed by atoms with Crippen LogP contribution < -0.4 is 21.3 Å². The number of methoxy groups -OCH3 is 1. The molecule has 1 fully saturated rings. The van der Waals surface area contributed by atoms with Gasteiger partial charge in [0.25, 0.3) is 0 Å². The first-order valence-electron chi connectivity index (χ1n) is 6.22. The smallest absolute Gasteiger partial charge is 0.205 e. The zero-order valence-corrected chi connectivity index (χ0v) is 10.6. The summed E-state index contributed by atoms with van der Waals surface area (Å²) in [6, 6.07) is 8.58. The van der Waals surface area contributed by atoms with E-state index >= 15 is 0 Å². The van der Waals surface area contributed by atoms with E-state index < -0.39 is 0 Å². The third kappa shape index (κ3) is 3.92. The fraction of sp³-hybridized carbons (Fsp3) is 0.462. The van der Waals surface area contributed by atoms with Gasteiger partial charge in [-0.05, 0) is 37.0 Å². The summed E-state index contributed by atoms with van der Waals surface area (Å²) in [6.45, 7) is 0.701. The molecule has 0 spiro atoms. The summed E-state index contributed by atoms with van der Waals surface area (Å²) in [5.41, 5.74) is 3.81. The van der Waals surface area contributed by atoms with Crippen LogP contribution in [0.1, 0.15) is 18.4 Å². The van der Waals surface area contributed by atoms with Crippen molar-refractivity contribution in [1.82, 2.24) is 10.7 Å². The van der Waals surface area contributed by atoms with E-state index in [1.54, 1.807) is 7.11 Å². The molecule has 1 saturated carbocycles. The molecule has 1 aliphatic rings. The summed E-state index contributed by atoms with van der Waals surface area (Å²) < 4.78 is 5.18. The van der Waals surface area contributed by atoms with Crippen LogP contribution in [-0.4, -0.2) is 25.7 Å². The Kier molecular flexibility index (Phi) is 4.41. The Bertz CT molecular complexity index is 415. The summed E-state index contributed by atoms with van der Waals surface area (Å²) in [5.74, 6) is 6.97. The third-order valence-corrected chi connectivity index (χ3v) is 2.86. The van der Waals surface area contributed by atoms with Crippen LogP contribution in [0.25, 0.3) is 0 Å². The van der Waals surface area contributed by atoms with Gasteiger partial charge >= 0.3 is 0 Å². The summed E-state index contributed by atoms with van der Waals surface area (Å²) in [6.07, 6.45) is 3.28.